The molecule has 1 aromatic carbocycles. The first-order valence-corrected chi connectivity index (χ1v) is 7.72. The van der Waals surface area contributed by atoms with E-state index in [1.807, 2.05) is 18.2 Å². The Balaban J connectivity index is 1.88. The van der Waals surface area contributed by atoms with Gasteiger partial charge in [0, 0.05) is 13.1 Å². The van der Waals surface area contributed by atoms with Crippen LogP contribution in [-0.2, 0) is 16.0 Å². The van der Waals surface area contributed by atoms with Crippen molar-refractivity contribution in [2.75, 3.05) is 33.4 Å². The van der Waals surface area contributed by atoms with Gasteiger partial charge in [0.05, 0.1) is 20.3 Å². The van der Waals surface area contributed by atoms with Crippen LogP contribution in [0, 0.1) is 5.41 Å². The average molecular weight is 306 g/mol. The Bertz CT molecular complexity index is 496. The maximum absolute atomic E-state index is 12.1. The third-order valence-corrected chi connectivity index (χ3v) is 3.84. The zero-order valence-electron chi connectivity index (χ0n) is 13.6. The zero-order chi connectivity index (χ0) is 16.0. The van der Waals surface area contributed by atoms with Gasteiger partial charge in [0.1, 0.15) is 11.8 Å². The van der Waals surface area contributed by atoms with Crippen molar-refractivity contribution < 1.29 is 14.3 Å². The van der Waals surface area contributed by atoms with Gasteiger partial charge in [-0.05, 0) is 23.5 Å². The van der Waals surface area contributed by atoms with Gasteiger partial charge in [-0.15, -0.1) is 0 Å². The number of morpholine rings is 1. The van der Waals surface area contributed by atoms with Crippen molar-refractivity contribution in [1.82, 2.24) is 10.6 Å². The highest BCUT2D eigenvalue weighted by atomic mass is 16.5. The summed E-state index contributed by atoms with van der Waals surface area (Å²) in [6.45, 7) is 6.74. The van der Waals surface area contributed by atoms with Crippen molar-refractivity contribution in [2.45, 2.75) is 26.3 Å². The summed E-state index contributed by atoms with van der Waals surface area (Å²) in [5.74, 6) is 0.900. The van der Waals surface area contributed by atoms with E-state index in [0.29, 0.717) is 19.8 Å². The average Bonchev–Trinajstić information content (AvgIpc) is 2.53. The van der Waals surface area contributed by atoms with Crippen molar-refractivity contribution in [3.63, 3.8) is 0 Å². The Labute approximate surface area is 132 Å². The molecule has 1 saturated heterocycles. The maximum Gasteiger partial charge on any atom is 0.239 e. The van der Waals surface area contributed by atoms with E-state index in [9.17, 15) is 4.79 Å². The van der Waals surface area contributed by atoms with Crippen LogP contribution in [0.3, 0.4) is 0 Å². The molecule has 22 heavy (non-hydrogen) atoms. The second-order valence-corrected chi connectivity index (χ2v) is 6.45. The van der Waals surface area contributed by atoms with Crippen LogP contribution in [0.25, 0.3) is 0 Å². The molecule has 1 amide bonds. The molecule has 5 heteroatoms. The molecule has 5 nitrogen and oxygen atoms in total. The molecular formula is C17H26N2O3. The monoisotopic (exact) mass is 306 g/mol. The van der Waals surface area contributed by atoms with Gasteiger partial charge in [-0.25, -0.2) is 0 Å². The summed E-state index contributed by atoms with van der Waals surface area (Å²) in [6.07, 6.45) is 0.839. The third kappa shape index (κ3) is 4.71. The van der Waals surface area contributed by atoms with Crippen molar-refractivity contribution in [3.8, 4) is 5.75 Å². The summed E-state index contributed by atoms with van der Waals surface area (Å²) in [4.78, 5) is 12.1. The lowest BCUT2D eigenvalue weighted by atomic mass is 9.85. The fourth-order valence-electron chi connectivity index (χ4n) is 2.61. The quantitative estimate of drug-likeness (QED) is 0.833. The summed E-state index contributed by atoms with van der Waals surface area (Å²) in [7, 11) is 1.68. The molecule has 0 aliphatic carbocycles. The van der Waals surface area contributed by atoms with E-state index in [0.717, 1.165) is 24.3 Å². The van der Waals surface area contributed by atoms with Gasteiger partial charge in [-0.2, -0.15) is 0 Å². The number of hydrogen-bond donors (Lipinski definition) is 2. The summed E-state index contributed by atoms with van der Waals surface area (Å²) in [5, 5.41) is 6.19. The van der Waals surface area contributed by atoms with Gasteiger partial charge in [-0.1, -0.05) is 32.0 Å². The number of hydrogen-bond acceptors (Lipinski definition) is 4. The molecule has 0 radical (unpaired) electrons. The second-order valence-electron chi connectivity index (χ2n) is 6.45. The Morgan fingerprint density at radius 3 is 2.91 bits per heavy atom. The van der Waals surface area contributed by atoms with Gasteiger partial charge in [0.15, 0.2) is 0 Å². The lowest BCUT2D eigenvalue weighted by Crippen LogP contribution is -2.52. The summed E-state index contributed by atoms with van der Waals surface area (Å²) in [5.41, 5.74) is 1.10. The maximum atomic E-state index is 12.1. The molecule has 1 aromatic rings. The lowest BCUT2D eigenvalue weighted by molar-refractivity contribution is -0.126. The van der Waals surface area contributed by atoms with Crippen molar-refractivity contribution in [3.05, 3.63) is 29.8 Å². The van der Waals surface area contributed by atoms with E-state index in [-0.39, 0.29) is 17.4 Å². The van der Waals surface area contributed by atoms with Gasteiger partial charge >= 0.3 is 0 Å². The van der Waals surface area contributed by atoms with E-state index in [4.69, 9.17) is 9.47 Å². The Kier molecular flexibility index (Phi) is 5.80. The molecule has 0 bridgehead atoms. The van der Waals surface area contributed by atoms with E-state index in [1.54, 1.807) is 7.11 Å². The molecule has 122 valence electrons. The SMILES string of the molecule is COc1ccccc1CC(C)(C)CNC(=O)[C@@H]1COCCN1. The molecule has 1 aliphatic heterocycles. The molecule has 1 aliphatic rings. The minimum absolute atomic E-state index is 0.00722. The van der Waals surface area contributed by atoms with Gasteiger partial charge < -0.3 is 20.1 Å². The highest BCUT2D eigenvalue weighted by Crippen LogP contribution is 2.27. The normalized spacial score (nSPS) is 18.8. The number of methoxy groups -OCH3 is 1. The molecule has 0 spiro atoms. The van der Waals surface area contributed by atoms with Crippen LogP contribution in [0.2, 0.25) is 0 Å². The molecule has 0 aromatic heterocycles. The fraction of sp³-hybridized carbons (Fsp3) is 0.588. The number of rotatable bonds is 6. The number of carbonyl (C=O) groups is 1. The van der Waals surface area contributed by atoms with Crippen molar-refractivity contribution in [1.29, 1.82) is 0 Å². The zero-order valence-corrected chi connectivity index (χ0v) is 13.6. The minimum atomic E-state index is -0.240. The largest absolute Gasteiger partial charge is 0.496 e. The number of ether oxygens (including phenoxy) is 2. The number of benzene rings is 1. The van der Waals surface area contributed by atoms with E-state index >= 15 is 0 Å². The number of nitrogens with one attached hydrogen (secondary N) is 2. The first kappa shape index (κ1) is 16.8. The van der Waals surface area contributed by atoms with Gasteiger partial charge in [0.25, 0.3) is 0 Å². The second kappa shape index (κ2) is 7.61. The summed E-state index contributed by atoms with van der Waals surface area (Å²) >= 11 is 0. The van der Waals surface area contributed by atoms with E-state index in [2.05, 4.69) is 30.5 Å². The molecule has 2 N–H and O–H groups in total. The summed E-state index contributed by atoms with van der Waals surface area (Å²) < 4.78 is 10.7. The van der Waals surface area contributed by atoms with Crippen LogP contribution in [0.15, 0.2) is 24.3 Å². The van der Waals surface area contributed by atoms with Gasteiger partial charge in [0.2, 0.25) is 5.91 Å². The molecule has 1 atom stereocenters. The van der Waals surface area contributed by atoms with Crippen LogP contribution < -0.4 is 15.4 Å². The summed E-state index contributed by atoms with van der Waals surface area (Å²) in [6, 6.07) is 7.77. The number of carbonyl (C=O) groups excluding carboxylic acids is 1. The highest BCUT2D eigenvalue weighted by molar-refractivity contribution is 5.82. The highest BCUT2D eigenvalue weighted by Gasteiger charge is 2.25. The smallest absolute Gasteiger partial charge is 0.239 e. The molecule has 2 rings (SSSR count). The first-order valence-electron chi connectivity index (χ1n) is 7.72. The van der Waals surface area contributed by atoms with E-state index < -0.39 is 0 Å². The standard InChI is InChI=1S/C17H26N2O3/c1-17(2,10-13-6-4-5-7-15(13)21-3)12-19-16(20)14-11-22-9-8-18-14/h4-7,14,18H,8-12H2,1-3H3,(H,19,20)/t14-/m0/s1. The third-order valence-electron chi connectivity index (χ3n) is 3.84. The lowest BCUT2D eigenvalue weighted by Gasteiger charge is -2.28. The van der Waals surface area contributed by atoms with Crippen molar-refractivity contribution >= 4 is 5.91 Å². The predicted octanol–water partition coefficient (Wildman–Crippen LogP) is 1.37. The Morgan fingerprint density at radius 1 is 1.45 bits per heavy atom. The number of amides is 1. The number of para-hydroxylation sites is 1. The first-order chi connectivity index (χ1) is 10.5. The van der Waals surface area contributed by atoms with Crippen LogP contribution in [0.1, 0.15) is 19.4 Å². The topological polar surface area (TPSA) is 59.6 Å². The van der Waals surface area contributed by atoms with Crippen LogP contribution in [0.5, 0.6) is 5.75 Å². The van der Waals surface area contributed by atoms with Crippen LogP contribution >= 0.6 is 0 Å². The van der Waals surface area contributed by atoms with Crippen molar-refractivity contribution in [2.24, 2.45) is 5.41 Å². The van der Waals surface area contributed by atoms with E-state index in [1.165, 1.54) is 0 Å². The molecule has 1 fully saturated rings. The molecule has 0 saturated carbocycles. The van der Waals surface area contributed by atoms with Crippen LogP contribution in [-0.4, -0.2) is 45.4 Å². The predicted molar refractivity (Wildman–Crippen MR) is 86.1 cm³/mol. The molecule has 0 unspecified atom stereocenters. The molecule has 1 heterocycles. The molecular weight excluding hydrogens is 280 g/mol. The minimum Gasteiger partial charge on any atom is -0.496 e. The Morgan fingerprint density at radius 2 is 2.23 bits per heavy atom. The Hall–Kier alpha value is -1.59. The van der Waals surface area contributed by atoms with Crippen LogP contribution in [0.4, 0.5) is 0 Å². The fourth-order valence-corrected chi connectivity index (χ4v) is 2.61. The van der Waals surface area contributed by atoms with Gasteiger partial charge in [-0.3, -0.25) is 4.79 Å².